The van der Waals surface area contributed by atoms with Crippen LogP contribution in [0.4, 0.5) is 5.69 Å². The van der Waals surface area contributed by atoms with E-state index in [4.69, 9.17) is 10.00 Å². The van der Waals surface area contributed by atoms with Crippen LogP contribution in [0.15, 0.2) is 18.2 Å². The Hall–Kier alpha value is -1.86. The molecule has 1 aliphatic rings. The predicted octanol–water partition coefficient (Wildman–Crippen LogP) is 3.01. The molecule has 1 amide bonds. The Kier molecular flexibility index (Phi) is 4.75. The number of ether oxygens (including phenoxy) is 1. The van der Waals surface area contributed by atoms with E-state index in [2.05, 4.69) is 11.4 Å². The van der Waals surface area contributed by atoms with Crippen LogP contribution in [-0.4, -0.2) is 18.6 Å². The fourth-order valence-electron chi connectivity index (χ4n) is 2.50. The van der Waals surface area contributed by atoms with Crippen LogP contribution in [0.3, 0.4) is 0 Å². The SMILES string of the molecule is CCOC1CC(CC(=O)Nc2cc(C#N)ccc2C)C1. The average molecular weight is 272 g/mol. The van der Waals surface area contributed by atoms with Crippen molar-refractivity contribution in [2.24, 2.45) is 5.92 Å². The number of nitrogens with one attached hydrogen (secondary N) is 1. The molecule has 0 aliphatic heterocycles. The topological polar surface area (TPSA) is 62.1 Å². The first-order valence-electron chi connectivity index (χ1n) is 7.04. The van der Waals surface area contributed by atoms with Crippen LogP contribution < -0.4 is 5.32 Å². The van der Waals surface area contributed by atoms with Gasteiger partial charge < -0.3 is 10.1 Å². The summed E-state index contributed by atoms with van der Waals surface area (Å²) in [7, 11) is 0. The molecule has 0 spiro atoms. The third-order valence-corrected chi connectivity index (χ3v) is 3.71. The van der Waals surface area contributed by atoms with E-state index in [1.807, 2.05) is 19.9 Å². The number of carbonyl (C=O) groups is 1. The van der Waals surface area contributed by atoms with E-state index >= 15 is 0 Å². The molecule has 0 radical (unpaired) electrons. The van der Waals surface area contributed by atoms with Gasteiger partial charge in [-0.25, -0.2) is 0 Å². The number of hydrogen-bond acceptors (Lipinski definition) is 3. The first-order chi connectivity index (χ1) is 9.62. The van der Waals surface area contributed by atoms with Gasteiger partial charge >= 0.3 is 0 Å². The van der Waals surface area contributed by atoms with Gasteiger partial charge in [-0.05, 0) is 50.3 Å². The molecule has 4 heteroatoms. The fourth-order valence-corrected chi connectivity index (χ4v) is 2.50. The predicted molar refractivity (Wildman–Crippen MR) is 77.3 cm³/mol. The summed E-state index contributed by atoms with van der Waals surface area (Å²) in [6, 6.07) is 7.41. The van der Waals surface area contributed by atoms with Crippen LogP contribution in [0, 0.1) is 24.2 Å². The lowest BCUT2D eigenvalue weighted by atomic mass is 9.80. The largest absolute Gasteiger partial charge is 0.378 e. The summed E-state index contributed by atoms with van der Waals surface area (Å²) < 4.78 is 5.49. The third-order valence-electron chi connectivity index (χ3n) is 3.71. The third kappa shape index (κ3) is 3.58. The maximum Gasteiger partial charge on any atom is 0.224 e. The van der Waals surface area contributed by atoms with E-state index in [0.717, 1.165) is 30.7 Å². The molecule has 0 bridgehead atoms. The lowest BCUT2D eigenvalue weighted by Gasteiger charge is -2.34. The fraction of sp³-hybridized carbons (Fsp3) is 0.500. The molecule has 106 valence electrons. The second-order valence-electron chi connectivity index (χ2n) is 5.31. The standard InChI is InChI=1S/C16H20N2O2/c1-3-20-14-6-13(7-14)9-16(19)18-15-8-12(10-17)5-4-11(15)2/h4-5,8,13-14H,3,6-7,9H2,1-2H3,(H,18,19). The molecule has 4 nitrogen and oxygen atoms in total. The van der Waals surface area contributed by atoms with Gasteiger partial charge in [-0.15, -0.1) is 0 Å². The summed E-state index contributed by atoms with van der Waals surface area (Å²) >= 11 is 0. The van der Waals surface area contributed by atoms with Crippen molar-refractivity contribution in [3.8, 4) is 6.07 Å². The van der Waals surface area contributed by atoms with Gasteiger partial charge in [0.15, 0.2) is 0 Å². The van der Waals surface area contributed by atoms with Crippen LogP contribution in [0.1, 0.15) is 37.3 Å². The number of rotatable bonds is 5. The molecule has 0 unspecified atom stereocenters. The van der Waals surface area contributed by atoms with Gasteiger partial charge in [-0.2, -0.15) is 5.26 Å². The molecule has 2 rings (SSSR count). The summed E-state index contributed by atoms with van der Waals surface area (Å²) in [5.41, 5.74) is 2.26. The van der Waals surface area contributed by atoms with E-state index in [1.54, 1.807) is 12.1 Å². The summed E-state index contributed by atoms with van der Waals surface area (Å²) in [6.45, 7) is 4.65. The Bertz CT molecular complexity index is 528. The Balaban J connectivity index is 1.85. The van der Waals surface area contributed by atoms with Gasteiger partial charge in [0.1, 0.15) is 0 Å². The maximum atomic E-state index is 12.0. The zero-order valence-corrected chi connectivity index (χ0v) is 12.0. The van der Waals surface area contributed by atoms with E-state index < -0.39 is 0 Å². The summed E-state index contributed by atoms with van der Waals surface area (Å²) in [5, 5.41) is 11.8. The second kappa shape index (κ2) is 6.53. The van der Waals surface area contributed by atoms with Crippen molar-refractivity contribution in [1.29, 1.82) is 5.26 Å². The molecule has 1 saturated carbocycles. The van der Waals surface area contributed by atoms with E-state index in [0.29, 0.717) is 24.0 Å². The van der Waals surface area contributed by atoms with Crippen molar-refractivity contribution < 1.29 is 9.53 Å². The molecule has 1 N–H and O–H groups in total. The summed E-state index contributed by atoms with van der Waals surface area (Å²) in [5.74, 6) is 0.439. The zero-order chi connectivity index (χ0) is 14.5. The van der Waals surface area contributed by atoms with E-state index in [-0.39, 0.29) is 5.91 Å². The lowest BCUT2D eigenvalue weighted by molar-refractivity contribution is -0.119. The zero-order valence-electron chi connectivity index (χ0n) is 12.0. The molecule has 0 atom stereocenters. The van der Waals surface area contributed by atoms with Gasteiger partial charge in [0.05, 0.1) is 17.7 Å². The highest BCUT2D eigenvalue weighted by molar-refractivity contribution is 5.91. The first kappa shape index (κ1) is 14.5. The summed E-state index contributed by atoms with van der Waals surface area (Å²) in [6.07, 6.45) is 2.80. The van der Waals surface area contributed by atoms with Gasteiger partial charge in [0.2, 0.25) is 5.91 Å². The minimum atomic E-state index is 0.0168. The number of carbonyl (C=O) groups excluding carboxylic acids is 1. The Labute approximate surface area is 119 Å². The van der Waals surface area contributed by atoms with Crippen molar-refractivity contribution >= 4 is 11.6 Å². The highest BCUT2D eigenvalue weighted by atomic mass is 16.5. The van der Waals surface area contributed by atoms with Crippen LogP contribution in [0.5, 0.6) is 0 Å². The van der Waals surface area contributed by atoms with Crippen LogP contribution in [0.25, 0.3) is 0 Å². The molecular formula is C16H20N2O2. The van der Waals surface area contributed by atoms with Gasteiger partial charge in [-0.1, -0.05) is 6.07 Å². The number of hydrogen-bond donors (Lipinski definition) is 1. The minimum absolute atomic E-state index is 0.0168. The Morgan fingerprint density at radius 1 is 1.50 bits per heavy atom. The molecule has 0 aromatic heterocycles. The van der Waals surface area contributed by atoms with Gasteiger partial charge in [0, 0.05) is 18.7 Å². The molecule has 0 heterocycles. The Morgan fingerprint density at radius 3 is 2.90 bits per heavy atom. The smallest absolute Gasteiger partial charge is 0.224 e. The monoisotopic (exact) mass is 272 g/mol. The molecule has 1 aromatic rings. The second-order valence-corrected chi connectivity index (χ2v) is 5.31. The molecular weight excluding hydrogens is 252 g/mol. The Morgan fingerprint density at radius 2 is 2.25 bits per heavy atom. The van der Waals surface area contributed by atoms with Crippen LogP contribution >= 0.6 is 0 Å². The van der Waals surface area contributed by atoms with Crippen molar-refractivity contribution in [3.63, 3.8) is 0 Å². The molecule has 1 fully saturated rings. The quantitative estimate of drug-likeness (QED) is 0.896. The van der Waals surface area contributed by atoms with E-state index in [1.165, 1.54) is 0 Å². The normalized spacial score (nSPS) is 20.9. The van der Waals surface area contributed by atoms with Crippen molar-refractivity contribution in [1.82, 2.24) is 0 Å². The highest BCUT2D eigenvalue weighted by Crippen LogP contribution is 2.33. The van der Waals surface area contributed by atoms with Gasteiger partial charge in [0.25, 0.3) is 0 Å². The highest BCUT2D eigenvalue weighted by Gasteiger charge is 2.31. The van der Waals surface area contributed by atoms with Crippen LogP contribution in [-0.2, 0) is 9.53 Å². The number of nitriles is 1. The molecule has 1 aliphatic carbocycles. The van der Waals surface area contributed by atoms with Crippen molar-refractivity contribution in [2.45, 2.75) is 39.2 Å². The first-order valence-corrected chi connectivity index (χ1v) is 7.04. The lowest BCUT2D eigenvalue weighted by Crippen LogP contribution is -2.33. The number of anilines is 1. The number of benzene rings is 1. The maximum absolute atomic E-state index is 12.0. The van der Waals surface area contributed by atoms with Crippen LogP contribution in [0.2, 0.25) is 0 Å². The molecule has 0 saturated heterocycles. The number of amides is 1. The van der Waals surface area contributed by atoms with Crippen molar-refractivity contribution in [2.75, 3.05) is 11.9 Å². The van der Waals surface area contributed by atoms with Gasteiger partial charge in [-0.3, -0.25) is 4.79 Å². The average Bonchev–Trinajstić information content (AvgIpc) is 2.39. The molecule has 20 heavy (non-hydrogen) atoms. The number of nitrogens with zero attached hydrogens (tertiary/aromatic N) is 1. The number of aryl methyl sites for hydroxylation is 1. The molecule has 1 aromatic carbocycles. The minimum Gasteiger partial charge on any atom is -0.378 e. The summed E-state index contributed by atoms with van der Waals surface area (Å²) in [4.78, 5) is 12.0. The van der Waals surface area contributed by atoms with Crippen molar-refractivity contribution in [3.05, 3.63) is 29.3 Å². The van der Waals surface area contributed by atoms with E-state index in [9.17, 15) is 4.79 Å².